The summed E-state index contributed by atoms with van der Waals surface area (Å²) < 4.78 is 6.21. The van der Waals surface area contributed by atoms with E-state index in [0.717, 1.165) is 11.6 Å². The number of benzene rings is 1. The molecule has 0 saturated heterocycles. The van der Waals surface area contributed by atoms with Crippen molar-refractivity contribution in [3.05, 3.63) is 56.3 Å². The normalized spacial score (nSPS) is 10.9. The molecule has 28 heavy (non-hydrogen) atoms. The van der Waals surface area contributed by atoms with Gasteiger partial charge in [0.1, 0.15) is 5.15 Å². The number of nitrogens with zero attached hydrogens (tertiary/aromatic N) is 2. The SMILES string of the molecule is Cc1nn(Cc2ccc(Cl)cc2Cl)c(Cl)c1/C=C/C(=O)OCC(=O)NC(N)=O. The Kier molecular flexibility index (Phi) is 7.45. The molecule has 0 spiro atoms. The van der Waals surface area contributed by atoms with Gasteiger partial charge in [0, 0.05) is 21.7 Å². The van der Waals surface area contributed by atoms with Gasteiger partial charge >= 0.3 is 12.0 Å². The van der Waals surface area contributed by atoms with Crippen molar-refractivity contribution in [1.29, 1.82) is 0 Å². The van der Waals surface area contributed by atoms with Gasteiger partial charge in [-0.1, -0.05) is 40.9 Å². The van der Waals surface area contributed by atoms with Crippen LogP contribution in [0.3, 0.4) is 0 Å². The summed E-state index contributed by atoms with van der Waals surface area (Å²) in [5.74, 6) is -1.64. The zero-order valence-electron chi connectivity index (χ0n) is 14.5. The van der Waals surface area contributed by atoms with E-state index in [-0.39, 0.29) is 0 Å². The molecule has 148 valence electrons. The number of nitrogens with two attached hydrogens (primary N) is 1. The quantitative estimate of drug-likeness (QED) is 0.524. The van der Waals surface area contributed by atoms with Crippen LogP contribution < -0.4 is 11.1 Å². The molecule has 0 atom stereocenters. The number of halogens is 3. The molecule has 0 fully saturated rings. The first-order valence-electron chi connectivity index (χ1n) is 7.78. The van der Waals surface area contributed by atoms with Crippen LogP contribution >= 0.6 is 34.8 Å². The van der Waals surface area contributed by atoms with E-state index in [1.54, 1.807) is 30.4 Å². The highest BCUT2D eigenvalue weighted by molar-refractivity contribution is 6.35. The van der Waals surface area contributed by atoms with Gasteiger partial charge in [0.2, 0.25) is 0 Å². The summed E-state index contributed by atoms with van der Waals surface area (Å²) in [5, 5.41) is 7.38. The second-order valence-electron chi connectivity index (χ2n) is 5.54. The molecule has 2 rings (SSSR count). The summed E-state index contributed by atoms with van der Waals surface area (Å²) in [6.07, 6.45) is 2.51. The number of hydrogen-bond acceptors (Lipinski definition) is 5. The average molecular weight is 446 g/mol. The number of amides is 3. The Morgan fingerprint density at radius 3 is 2.64 bits per heavy atom. The van der Waals surface area contributed by atoms with Crippen LogP contribution in [-0.2, 0) is 20.9 Å². The molecular weight excluding hydrogens is 431 g/mol. The summed E-state index contributed by atoms with van der Waals surface area (Å²) in [4.78, 5) is 33.4. The Balaban J connectivity index is 2.06. The maximum Gasteiger partial charge on any atom is 0.331 e. The number of esters is 1. The number of primary amides is 1. The van der Waals surface area contributed by atoms with Crippen LogP contribution in [-0.4, -0.2) is 34.3 Å². The molecule has 0 aliphatic carbocycles. The first-order valence-corrected chi connectivity index (χ1v) is 8.91. The van der Waals surface area contributed by atoms with E-state index in [0.29, 0.717) is 33.0 Å². The highest BCUT2D eigenvalue weighted by atomic mass is 35.5. The number of aromatic nitrogens is 2. The minimum atomic E-state index is -1.03. The third-order valence-corrected chi connectivity index (χ3v) is 4.42. The molecule has 0 aliphatic rings. The third-order valence-electron chi connectivity index (χ3n) is 3.44. The van der Waals surface area contributed by atoms with Gasteiger partial charge in [-0.15, -0.1) is 0 Å². The van der Waals surface area contributed by atoms with Crippen LogP contribution in [0.1, 0.15) is 16.8 Å². The van der Waals surface area contributed by atoms with Crippen molar-refractivity contribution in [3.63, 3.8) is 0 Å². The maximum atomic E-state index is 11.7. The number of nitrogens with one attached hydrogen (secondary N) is 1. The third kappa shape index (κ3) is 5.98. The van der Waals surface area contributed by atoms with Gasteiger partial charge in [0.05, 0.1) is 12.2 Å². The Bertz CT molecular complexity index is 956. The van der Waals surface area contributed by atoms with E-state index < -0.39 is 24.5 Å². The van der Waals surface area contributed by atoms with Crippen LogP contribution in [0.15, 0.2) is 24.3 Å². The summed E-state index contributed by atoms with van der Waals surface area (Å²) in [6, 6.07) is 4.06. The second-order valence-corrected chi connectivity index (χ2v) is 6.74. The number of urea groups is 1. The molecular formula is C17H15Cl3N4O4. The van der Waals surface area contributed by atoms with E-state index in [1.165, 1.54) is 10.8 Å². The number of ether oxygens (including phenoxy) is 1. The fourth-order valence-electron chi connectivity index (χ4n) is 2.18. The molecule has 2 aromatic rings. The molecule has 11 heteroatoms. The first-order chi connectivity index (χ1) is 13.2. The number of hydrogen-bond donors (Lipinski definition) is 2. The van der Waals surface area contributed by atoms with Gasteiger partial charge in [0.15, 0.2) is 6.61 Å². The monoisotopic (exact) mass is 444 g/mol. The lowest BCUT2D eigenvalue weighted by Gasteiger charge is -2.06. The van der Waals surface area contributed by atoms with Crippen LogP contribution in [0.2, 0.25) is 15.2 Å². The molecule has 1 heterocycles. The van der Waals surface area contributed by atoms with Gasteiger partial charge < -0.3 is 10.5 Å². The number of imide groups is 1. The van der Waals surface area contributed by atoms with E-state index in [4.69, 9.17) is 40.5 Å². The first kappa shape index (κ1) is 21.7. The molecule has 0 saturated carbocycles. The Morgan fingerprint density at radius 2 is 2.00 bits per heavy atom. The smallest absolute Gasteiger partial charge is 0.331 e. The van der Waals surface area contributed by atoms with E-state index in [1.807, 2.05) is 0 Å². The molecule has 3 amide bonds. The standard InChI is InChI=1S/C17H15Cl3N4O4/c1-9-12(4-5-15(26)28-8-14(25)22-17(21)27)16(20)24(23-9)7-10-2-3-11(18)6-13(10)19/h2-6H,7-8H2,1H3,(H3,21,22,25,27)/b5-4+. The molecule has 1 aromatic carbocycles. The highest BCUT2D eigenvalue weighted by Crippen LogP contribution is 2.26. The van der Waals surface area contributed by atoms with Crippen LogP contribution in [0.25, 0.3) is 6.08 Å². The van der Waals surface area contributed by atoms with E-state index >= 15 is 0 Å². The fraction of sp³-hybridized carbons (Fsp3) is 0.176. The number of carbonyl (C=O) groups is 3. The molecule has 0 radical (unpaired) electrons. The van der Waals surface area contributed by atoms with Gasteiger partial charge in [0.25, 0.3) is 5.91 Å². The van der Waals surface area contributed by atoms with Crippen molar-refractivity contribution < 1.29 is 19.1 Å². The predicted molar refractivity (Wildman–Crippen MR) is 105 cm³/mol. The lowest BCUT2D eigenvalue weighted by Crippen LogP contribution is -2.37. The van der Waals surface area contributed by atoms with E-state index in [9.17, 15) is 14.4 Å². The molecule has 0 bridgehead atoms. The summed E-state index contributed by atoms with van der Waals surface area (Å²) in [6.45, 7) is 1.38. The molecule has 3 N–H and O–H groups in total. The van der Waals surface area contributed by atoms with Gasteiger partial charge in [-0.3, -0.25) is 10.1 Å². The predicted octanol–water partition coefficient (Wildman–Crippen LogP) is 2.95. The van der Waals surface area contributed by atoms with Crippen molar-refractivity contribution in [1.82, 2.24) is 15.1 Å². The Labute approximate surface area is 175 Å². The number of rotatable bonds is 6. The van der Waals surface area contributed by atoms with Gasteiger partial charge in [-0.2, -0.15) is 5.10 Å². The minimum Gasteiger partial charge on any atom is -0.452 e. The van der Waals surface area contributed by atoms with Crippen molar-refractivity contribution in [2.75, 3.05) is 6.61 Å². The zero-order chi connectivity index (χ0) is 20.8. The molecule has 0 aliphatic heterocycles. The van der Waals surface area contributed by atoms with Crippen molar-refractivity contribution >= 4 is 58.8 Å². The van der Waals surface area contributed by atoms with Crippen molar-refractivity contribution in [2.45, 2.75) is 13.5 Å². The summed E-state index contributed by atoms with van der Waals surface area (Å²) >= 11 is 18.4. The maximum absolute atomic E-state index is 11.7. The van der Waals surface area contributed by atoms with Crippen molar-refractivity contribution in [3.8, 4) is 0 Å². The summed E-state index contributed by atoms with van der Waals surface area (Å²) in [5.41, 5.74) is 6.63. The fourth-order valence-corrected chi connectivity index (χ4v) is 2.95. The Morgan fingerprint density at radius 1 is 1.29 bits per heavy atom. The summed E-state index contributed by atoms with van der Waals surface area (Å²) in [7, 11) is 0. The number of aryl methyl sites for hydroxylation is 1. The second kappa shape index (κ2) is 9.59. The Hall–Kier alpha value is -2.55. The zero-order valence-corrected chi connectivity index (χ0v) is 16.8. The highest BCUT2D eigenvalue weighted by Gasteiger charge is 2.14. The molecule has 8 nitrogen and oxygen atoms in total. The van der Waals surface area contributed by atoms with Crippen molar-refractivity contribution in [2.24, 2.45) is 5.73 Å². The molecule has 0 unspecified atom stereocenters. The van der Waals surface area contributed by atoms with Crippen LogP contribution in [0, 0.1) is 6.92 Å². The van der Waals surface area contributed by atoms with Crippen LogP contribution in [0.5, 0.6) is 0 Å². The lowest BCUT2D eigenvalue weighted by molar-refractivity contribution is -0.143. The largest absolute Gasteiger partial charge is 0.452 e. The molecule has 1 aromatic heterocycles. The minimum absolute atomic E-state index is 0.291. The lowest BCUT2D eigenvalue weighted by atomic mass is 10.2. The van der Waals surface area contributed by atoms with Gasteiger partial charge in [-0.25, -0.2) is 14.3 Å². The van der Waals surface area contributed by atoms with E-state index in [2.05, 4.69) is 9.84 Å². The van der Waals surface area contributed by atoms with Crippen LogP contribution in [0.4, 0.5) is 4.79 Å². The number of carbonyl (C=O) groups excluding carboxylic acids is 3. The topological polar surface area (TPSA) is 116 Å². The van der Waals surface area contributed by atoms with Gasteiger partial charge in [-0.05, 0) is 30.7 Å². The average Bonchev–Trinajstić information content (AvgIpc) is 2.86.